The summed E-state index contributed by atoms with van der Waals surface area (Å²) in [5.74, 6) is -0.179. The molecule has 2 N–H and O–H groups in total. The molecule has 0 radical (unpaired) electrons. The fourth-order valence-corrected chi connectivity index (χ4v) is 2.87. The van der Waals surface area contributed by atoms with Gasteiger partial charge in [-0.2, -0.15) is 4.98 Å². The topological polar surface area (TPSA) is 106 Å². The minimum atomic E-state index is -0.508. The van der Waals surface area contributed by atoms with Crippen molar-refractivity contribution >= 4 is 34.8 Å². The molecule has 0 spiro atoms. The molecule has 0 unspecified atom stereocenters. The van der Waals surface area contributed by atoms with Gasteiger partial charge in [0.2, 0.25) is 5.82 Å². The highest BCUT2D eigenvalue weighted by atomic mass is 35.5. The molecule has 0 atom stereocenters. The third-order valence-electron chi connectivity index (χ3n) is 3.29. The molecule has 3 aromatic rings. The molecule has 8 nitrogen and oxygen atoms in total. The summed E-state index contributed by atoms with van der Waals surface area (Å²) in [6.45, 7) is 0.251. The van der Waals surface area contributed by atoms with Crippen LogP contribution in [0.4, 0.5) is 0 Å². The summed E-state index contributed by atoms with van der Waals surface area (Å²) in [4.78, 5) is 28.6. The summed E-state index contributed by atoms with van der Waals surface area (Å²) in [5, 5.41) is 11.3. The van der Waals surface area contributed by atoms with E-state index >= 15 is 0 Å². The van der Waals surface area contributed by atoms with Crippen molar-refractivity contribution in [2.45, 2.75) is 0 Å². The number of nitrogens with zero attached hydrogens (tertiary/aromatic N) is 2. The maximum absolute atomic E-state index is 12.0. The Morgan fingerprint density at radius 3 is 2.74 bits per heavy atom. The van der Waals surface area contributed by atoms with Crippen molar-refractivity contribution in [2.24, 2.45) is 0 Å². The Labute approximate surface area is 163 Å². The van der Waals surface area contributed by atoms with Crippen LogP contribution in [0.1, 0.15) is 10.7 Å². The Hall–Kier alpha value is -2.91. The Kier molecular flexibility index (Phi) is 6.39. The van der Waals surface area contributed by atoms with E-state index in [1.165, 1.54) is 11.3 Å². The van der Waals surface area contributed by atoms with Gasteiger partial charge in [-0.1, -0.05) is 35.0 Å². The van der Waals surface area contributed by atoms with Gasteiger partial charge in [0, 0.05) is 13.1 Å². The third-order valence-corrected chi connectivity index (χ3v) is 4.47. The van der Waals surface area contributed by atoms with Gasteiger partial charge in [-0.25, -0.2) is 0 Å². The SMILES string of the molecule is O=C(COc1ccccc1Cl)NCCNC(=O)c1nc(-c2cccs2)no1. The van der Waals surface area contributed by atoms with Gasteiger partial charge in [-0.3, -0.25) is 9.59 Å². The molecule has 3 rings (SSSR count). The normalized spacial score (nSPS) is 10.4. The third kappa shape index (κ3) is 5.28. The number of hydrogen-bond acceptors (Lipinski definition) is 7. The van der Waals surface area contributed by atoms with Gasteiger partial charge in [0.25, 0.3) is 5.91 Å². The number of amides is 2. The molecule has 1 aromatic carbocycles. The highest BCUT2D eigenvalue weighted by Crippen LogP contribution is 2.23. The summed E-state index contributed by atoms with van der Waals surface area (Å²) < 4.78 is 10.3. The lowest BCUT2D eigenvalue weighted by atomic mass is 10.3. The van der Waals surface area contributed by atoms with Gasteiger partial charge in [-0.15, -0.1) is 11.3 Å². The van der Waals surface area contributed by atoms with E-state index in [0.717, 1.165) is 4.88 Å². The van der Waals surface area contributed by atoms with Crippen LogP contribution in [0.15, 0.2) is 46.3 Å². The second-order valence-corrected chi connectivity index (χ2v) is 6.58. The molecule has 2 aromatic heterocycles. The van der Waals surface area contributed by atoms with E-state index in [4.69, 9.17) is 20.9 Å². The quantitative estimate of drug-likeness (QED) is 0.556. The minimum absolute atomic E-state index is 0.133. The van der Waals surface area contributed by atoms with Gasteiger partial charge in [-0.05, 0) is 23.6 Å². The van der Waals surface area contributed by atoms with Gasteiger partial charge >= 0.3 is 11.8 Å². The maximum atomic E-state index is 12.0. The van der Waals surface area contributed by atoms with E-state index in [1.54, 1.807) is 24.3 Å². The number of benzene rings is 1. The van der Waals surface area contributed by atoms with Crippen molar-refractivity contribution in [3.8, 4) is 16.5 Å². The summed E-state index contributed by atoms with van der Waals surface area (Å²) in [6.07, 6.45) is 0. The van der Waals surface area contributed by atoms with E-state index in [-0.39, 0.29) is 31.5 Å². The zero-order valence-corrected chi connectivity index (χ0v) is 15.5. The number of nitrogens with one attached hydrogen (secondary N) is 2. The van der Waals surface area contributed by atoms with Crippen LogP contribution in [0.3, 0.4) is 0 Å². The second-order valence-electron chi connectivity index (χ2n) is 5.23. The smallest absolute Gasteiger partial charge is 0.316 e. The predicted octanol–water partition coefficient (Wildman–Crippen LogP) is 2.38. The van der Waals surface area contributed by atoms with Crippen molar-refractivity contribution in [3.05, 3.63) is 52.7 Å². The molecule has 27 heavy (non-hydrogen) atoms. The molecule has 0 aliphatic heterocycles. The number of thiophene rings is 1. The van der Waals surface area contributed by atoms with Gasteiger partial charge in [0.15, 0.2) is 6.61 Å². The molecule has 0 bridgehead atoms. The first-order valence-electron chi connectivity index (χ1n) is 7.93. The minimum Gasteiger partial charge on any atom is -0.482 e. The zero-order valence-electron chi connectivity index (χ0n) is 14.0. The van der Waals surface area contributed by atoms with Crippen molar-refractivity contribution < 1.29 is 18.8 Å². The van der Waals surface area contributed by atoms with Crippen molar-refractivity contribution in [2.75, 3.05) is 19.7 Å². The summed E-state index contributed by atoms with van der Waals surface area (Å²) >= 11 is 7.38. The van der Waals surface area contributed by atoms with Crippen LogP contribution in [0.5, 0.6) is 5.75 Å². The number of halogens is 1. The molecule has 0 aliphatic carbocycles. The van der Waals surface area contributed by atoms with Gasteiger partial charge in [0.05, 0.1) is 9.90 Å². The number of aromatic nitrogens is 2. The molecule has 2 heterocycles. The number of hydrogen-bond donors (Lipinski definition) is 2. The monoisotopic (exact) mass is 406 g/mol. The summed E-state index contributed by atoms with van der Waals surface area (Å²) in [5.41, 5.74) is 0. The molecule has 2 amide bonds. The first-order valence-corrected chi connectivity index (χ1v) is 9.19. The predicted molar refractivity (Wildman–Crippen MR) is 99.9 cm³/mol. The van der Waals surface area contributed by atoms with Gasteiger partial charge in [0.1, 0.15) is 5.75 Å². The van der Waals surface area contributed by atoms with Crippen LogP contribution in [-0.2, 0) is 4.79 Å². The number of carbonyl (C=O) groups is 2. The lowest BCUT2D eigenvalue weighted by Crippen LogP contribution is -2.36. The first-order chi connectivity index (χ1) is 13.1. The molecule has 0 saturated carbocycles. The Morgan fingerprint density at radius 1 is 1.15 bits per heavy atom. The van der Waals surface area contributed by atoms with E-state index in [9.17, 15) is 9.59 Å². The molecular weight excluding hydrogens is 392 g/mol. The van der Waals surface area contributed by atoms with E-state index in [0.29, 0.717) is 16.6 Å². The van der Waals surface area contributed by atoms with E-state index in [2.05, 4.69) is 20.8 Å². The fraction of sp³-hybridized carbons (Fsp3) is 0.176. The lowest BCUT2D eigenvalue weighted by Gasteiger charge is -2.08. The summed E-state index contributed by atoms with van der Waals surface area (Å²) in [6, 6.07) is 10.6. The Morgan fingerprint density at radius 2 is 1.96 bits per heavy atom. The molecule has 10 heteroatoms. The van der Waals surface area contributed by atoms with Crippen molar-refractivity contribution in [1.29, 1.82) is 0 Å². The zero-order chi connectivity index (χ0) is 19.1. The van der Waals surface area contributed by atoms with E-state index in [1.807, 2.05) is 17.5 Å². The number of carbonyl (C=O) groups excluding carboxylic acids is 2. The van der Waals surface area contributed by atoms with E-state index < -0.39 is 5.91 Å². The summed E-state index contributed by atoms with van der Waals surface area (Å²) in [7, 11) is 0. The highest BCUT2D eigenvalue weighted by molar-refractivity contribution is 7.13. The number of rotatable bonds is 8. The number of para-hydroxylation sites is 1. The second kappa shape index (κ2) is 9.15. The van der Waals surface area contributed by atoms with Crippen molar-refractivity contribution in [3.63, 3.8) is 0 Å². The van der Waals surface area contributed by atoms with Crippen LogP contribution in [0.25, 0.3) is 10.7 Å². The Balaban J connectivity index is 1.36. The largest absolute Gasteiger partial charge is 0.482 e. The molecule has 140 valence electrons. The molecular formula is C17H15ClN4O4S. The van der Waals surface area contributed by atoms with Crippen molar-refractivity contribution in [1.82, 2.24) is 20.8 Å². The van der Waals surface area contributed by atoms with Crippen LogP contribution >= 0.6 is 22.9 Å². The molecule has 0 aliphatic rings. The Bertz CT molecular complexity index is 913. The average Bonchev–Trinajstić information content (AvgIpc) is 3.35. The standard InChI is InChI=1S/C17H15ClN4O4S/c18-11-4-1-2-5-12(11)25-10-14(23)19-7-8-20-16(24)17-21-15(22-26-17)13-6-3-9-27-13/h1-6,9H,7-8,10H2,(H,19,23)(H,20,24). The van der Waals surface area contributed by atoms with Crippen LogP contribution in [0.2, 0.25) is 5.02 Å². The molecule has 0 fully saturated rings. The lowest BCUT2D eigenvalue weighted by molar-refractivity contribution is -0.123. The van der Waals surface area contributed by atoms with Gasteiger partial charge < -0.3 is 19.9 Å². The first kappa shape index (κ1) is 18.9. The van der Waals surface area contributed by atoms with Crippen LogP contribution in [-0.4, -0.2) is 41.7 Å². The number of ether oxygens (including phenoxy) is 1. The maximum Gasteiger partial charge on any atom is 0.316 e. The highest BCUT2D eigenvalue weighted by Gasteiger charge is 2.16. The van der Waals surface area contributed by atoms with Crippen LogP contribution in [0, 0.1) is 0 Å². The average molecular weight is 407 g/mol. The fourth-order valence-electron chi connectivity index (χ4n) is 2.03. The molecule has 0 saturated heterocycles. The van der Waals surface area contributed by atoms with Crippen LogP contribution < -0.4 is 15.4 Å².